The Bertz CT molecular complexity index is 2460. The summed E-state index contributed by atoms with van der Waals surface area (Å²) in [4.78, 5) is 143. The molecule has 0 fully saturated rings. The van der Waals surface area contributed by atoms with Crippen LogP contribution in [-0.2, 0) is 54.4 Å². The number of carboxylic acids is 1. The van der Waals surface area contributed by atoms with E-state index in [1.807, 2.05) is 44.4 Å². The van der Waals surface area contributed by atoms with Crippen molar-refractivity contribution < 1.29 is 53.1 Å². The number of fused-ring (bicyclic) bond motifs is 1. The van der Waals surface area contributed by atoms with Gasteiger partial charge in [0.15, 0.2) is 5.96 Å². The molecule has 2 aromatic rings. The minimum Gasteiger partial charge on any atom is -0.480 e. The Morgan fingerprint density at radius 1 is 0.634 bits per heavy atom. The average Bonchev–Trinajstić information content (AvgIpc) is 3.90. The third-order valence-electron chi connectivity index (χ3n) is 13.4. The van der Waals surface area contributed by atoms with Gasteiger partial charge in [0.2, 0.25) is 53.2 Å². The number of nitrogens with zero attached hydrogens (tertiary/aromatic N) is 1. The van der Waals surface area contributed by atoms with Crippen molar-refractivity contribution in [2.75, 3.05) is 30.9 Å². The summed E-state index contributed by atoms with van der Waals surface area (Å²) in [6, 6.07) is -4.01. The van der Waals surface area contributed by atoms with E-state index in [1.165, 1.54) is 11.8 Å². The SMILES string of the molecule is CC[C@H](C)[C@H](NC(=O)[C@H](CC(C)C)NC(=O)[C@H](CS)NC(=O)[C@H](CCCCN)NC(=O)[C@H](Cc1c[nH]c2ccccc12)NC(=O)[C@H](CCSC)NC(=O)[C@@H](N)CCC(N)=O)C(=O)N[C@@H](CCCN=C(N)N)C(=O)N[C@@H](CC(C)C)C(=O)O. The van der Waals surface area contributed by atoms with Crippen LogP contribution in [0.2, 0.25) is 0 Å². The molecule has 460 valence electrons. The molecule has 1 heterocycles. The van der Waals surface area contributed by atoms with Gasteiger partial charge in [-0.2, -0.15) is 24.4 Å². The predicted octanol–water partition coefficient (Wildman–Crippen LogP) is -0.730. The summed E-state index contributed by atoms with van der Waals surface area (Å²) in [5, 5.41) is 32.2. The summed E-state index contributed by atoms with van der Waals surface area (Å²) in [7, 11) is 0. The minimum atomic E-state index is -1.37. The fourth-order valence-corrected chi connectivity index (χ4v) is 9.37. The lowest BCUT2D eigenvalue weighted by Crippen LogP contribution is -2.61. The highest BCUT2D eigenvalue weighted by atomic mass is 32.2. The van der Waals surface area contributed by atoms with Crippen LogP contribution in [0, 0.1) is 17.8 Å². The van der Waals surface area contributed by atoms with Gasteiger partial charge in [-0.25, -0.2) is 4.79 Å². The van der Waals surface area contributed by atoms with E-state index in [1.54, 1.807) is 33.9 Å². The van der Waals surface area contributed by atoms with Crippen molar-refractivity contribution in [2.45, 2.75) is 173 Å². The number of aromatic nitrogens is 1. The van der Waals surface area contributed by atoms with E-state index < -0.39 is 119 Å². The number of thiol groups is 1. The normalized spacial score (nSPS) is 15.0. The summed E-state index contributed by atoms with van der Waals surface area (Å²) >= 11 is 5.79. The number of aliphatic carboxylic acids is 1. The first-order chi connectivity index (χ1) is 38.8. The lowest BCUT2D eigenvalue weighted by atomic mass is 9.96. The van der Waals surface area contributed by atoms with Gasteiger partial charge < -0.3 is 81.3 Å². The molecule has 0 aliphatic rings. The van der Waals surface area contributed by atoms with Crippen LogP contribution < -0.4 is 71.2 Å². The van der Waals surface area contributed by atoms with Gasteiger partial charge in [0.25, 0.3) is 0 Å². The molecule has 1 aromatic carbocycles. The summed E-state index contributed by atoms with van der Waals surface area (Å²) in [5.41, 5.74) is 29.5. The number of nitrogens with two attached hydrogens (primary N) is 5. The van der Waals surface area contributed by atoms with Crippen molar-refractivity contribution in [3.8, 4) is 0 Å². The molecule has 0 spiro atoms. The number of rotatable bonds is 40. The third-order valence-corrected chi connectivity index (χ3v) is 14.5. The number of amides is 9. The Hall–Kier alpha value is -6.65. The second kappa shape index (κ2) is 37.5. The van der Waals surface area contributed by atoms with Crippen molar-refractivity contribution in [3.05, 3.63) is 36.0 Å². The van der Waals surface area contributed by atoms with E-state index in [9.17, 15) is 53.1 Å². The zero-order valence-corrected chi connectivity index (χ0v) is 50.1. The fourth-order valence-electron chi connectivity index (χ4n) is 8.64. The first-order valence-corrected chi connectivity index (χ1v) is 29.9. The summed E-state index contributed by atoms with van der Waals surface area (Å²) in [6.07, 6.45) is 5.04. The van der Waals surface area contributed by atoms with Crippen LogP contribution in [0.3, 0.4) is 0 Å². The number of carbonyl (C=O) groups excluding carboxylic acids is 9. The number of carboxylic acid groups (broad SMARTS) is 1. The van der Waals surface area contributed by atoms with Gasteiger partial charge in [0, 0.05) is 42.2 Å². The van der Waals surface area contributed by atoms with E-state index in [-0.39, 0.29) is 94.4 Å². The first kappa shape index (κ1) is 71.5. The van der Waals surface area contributed by atoms with Crippen LogP contribution in [0.1, 0.15) is 118 Å². The second-order valence-corrected chi connectivity index (χ2v) is 22.6. The number of primary amides is 1. The minimum absolute atomic E-state index is 0.00452. The predicted molar refractivity (Wildman–Crippen MR) is 320 cm³/mol. The Morgan fingerprint density at radius 2 is 1.13 bits per heavy atom. The molecule has 0 aliphatic carbocycles. The van der Waals surface area contributed by atoms with Gasteiger partial charge in [-0.05, 0) is 106 Å². The first-order valence-electron chi connectivity index (χ1n) is 27.9. The zero-order valence-electron chi connectivity index (χ0n) is 48.3. The monoisotopic (exact) mass is 1190 g/mol. The molecule has 10 atom stereocenters. The number of hydrogen-bond donors (Lipinski definition) is 16. The molecule has 0 saturated carbocycles. The molecule has 0 radical (unpaired) electrons. The van der Waals surface area contributed by atoms with Gasteiger partial charge in [-0.15, -0.1) is 0 Å². The van der Waals surface area contributed by atoms with Crippen LogP contribution in [0.5, 0.6) is 0 Å². The second-order valence-electron chi connectivity index (χ2n) is 21.3. The maximum Gasteiger partial charge on any atom is 0.326 e. The lowest BCUT2D eigenvalue weighted by molar-refractivity contribution is -0.143. The van der Waals surface area contributed by atoms with Crippen molar-refractivity contribution >= 4 is 100 Å². The quantitative estimate of drug-likeness (QED) is 0.0169. The van der Waals surface area contributed by atoms with E-state index in [4.69, 9.17) is 28.7 Å². The van der Waals surface area contributed by atoms with Crippen molar-refractivity contribution in [1.29, 1.82) is 0 Å². The number of aromatic amines is 1. The summed E-state index contributed by atoms with van der Waals surface area (Å²) in [5.74, 6) is -8.78. The van der Waals surface area contributed by atoms with Crippen molar-refractivity contribution in [2.24, 2.45) is 51.4 Å². The molecular weight excluding hydrogens is 1100 g/mol. The molecule has 82 heavy (non-hydrogen) atoms. The van der Waals surface area contributed by atoms with Crippen LogP contribution in [0.25, 0.3) is 10.9 Å². The Morgan fingerprint density at radius 3 is 1.70 bits per heavy atom. The topological polar surface area (TPSA) is 445 Å². The van der Waals surface area contributed by atoms with Crippen LogP contribution >= 0.6 is 24.4 Å². The maximum absolute atomic E-state index is 14.6. The molecule has 1 aromatic heterocycles. The van der Waals surface area contributed by atoms with E-state index in [2.05, 4.69) is 65.1 Å². The Kier molecular flexibility index (Phi) is 32.6. The third kappa shape index (κ3) is 25.6. The number of unbranched alkanes of at least 4 members (excludes halogenated alkanes) is 1. The van der Waals surface area contributed by atoms with Crippen molar-refractivity contribution in [3.63, 3.8) is 0 Å². The smallest absolute Gasteiger partial charge is 0.326 e. The van der Waals surface area contributed by atoms with E-state index >= 15 is 0 Å². The van der Waals surface area contributed by atoms with E-state index in [0.29, 0.717) is 30.6 Å². The number of benzene rings is 1. The highest BCUT2D eigenvalue weighted by molar-refractivity contribution is 7.98. The molecule has 9 amide bonds. The van der Waals surface area contributed by atoms with Gasteiger partial charge in [-0.1, -0.05) is 66.2 Å². The molecule has 0 aliphatic heterocycles. The number of thioether (sulfide) groups is 1. The van der Waals surface area contributed by atoms with Gasteiger partial charge >= 0.3 is 5.97 Å². The molecule has 2 rings (SSSR count). The molecule has 20 N–H and O–H groups in total. The standard InChI is InChI=1S/C54H91N15O11S2/c1-8-31(6)44(52(78)64-37(17-13-22-60-54(58)59)46(72)67-41(53(79)80)25-30(4)5)69-50(76)39(24-29(2)3)65-51(77)42(28-81)68-47(73)36(16-11-12-21-55)63-49(75)40(26-32-27-61-35-15-10-9-14-33(32)35)66-48(74)38(20-23-82-7)62-45(71)34(56)18-19-43(57)70/h9-10,14-15,27,29-31,34,36-42,44,61,81H,8,11-13,16-26,28,55-56H2,1-7H3,(H2,57,70)(H,62,71)(H,63,75)(H,64,78)(H,65,77)(H,66,74)(H,67,72)(H,68,73)(H,69,76)(H,79,80)(H4,58,59,60)/t31-,34-,36-,37-,38-,39-,40-,41-,42-,44-/m0/s1. The highest BCUT2D eigenvalue weighted by Gasteiger charge is 2.36. The summed E-state index contributed by atoms with van der Waals surface area (Å²) < 4.78 is 0. The van der Waals surface area contributed by atoms with Crippen LogP contribution in [0.15, 0.2) is 35.5 Å². The fraction of sp³-hybridized carbons (Fsp3) is 0.648. The number of hydrogen-bond acceptors (Lipinski definition) is 15. The Balaban J connectivity index is 2.46. The van der Waals surface area contributed by atoms with Gasteiger partial charge in [-0.3, -0.25) is 48.1 Å². The number of nitrogens with one attached hydrogen (secondary N) is 9. The number of H-pyrrole nitrogens is 1. The molecule has 0 unspecified atom stereocenters. The molecule has 28 heteroatoms. The van der Waals surface area contributed by atoms with Crippen LogP contribution in [-0.4, -0.2) is 160 Å². The maximum atomic E-state index is 14.6. The number of para-hydroxylation sites is 1. The molecule has 0 saturated heterocycles. The van der Waals surface area contributed by atoms with Crippen molar-refractivity contribution in [1.82, 2.24) is 47.5 Å². The van der Waals surface area contributed by atoms with Gasteiger partial charge in [0.05, 0.1) is 6.04 Å². The zero-order chi connectivity index (χ0) is 61.6. The highest BCUT2D eigenvalue weighted by Crippen LogP contribution is 2.20. The largest absolute Gasteiger partial charge is 0.480 e. The number of carbonyl (C=O) groups is 10. The lowest BCUT2D eigenvalue weighted by Gasteiger charge is -2.30. The number of guanidine groups is 1. The van der Waals surface area contributed by atoms with E-state index in [0.717, 1.165) is 10.9 Å². The molecule has 26 nitrogen and oxygen atoms in total. The average molecular weight is 1190 g/mol. The summed E-state index contributed by atoms with van der Waals surface area (Å²) in [6.45, 7) is 11.1. The van der Waals surface area contributed by atoms with Crippen LogP contribution in [0.4, 0.5) is 0 Å². The van der Waals surface area contributed by atoms with Gasteiger partial charge in [0.1, 0.15) is 48.3 Å². The molecular formula is C54H91N15O11S2. The number of aliphatic imine (C=N–C) groups is 1. The Labute approximate surface area is 490 Å². The molecule has 0 bridgehead atoms.